The number of hydrogen-bond donors (Lipinski definition) is 0. The molecule has 6 nitrogen and oxygen atoms in total. The maximum absolute atomic E-state index is 4.44. The Morgan fingerprint density at radius 3 is 2.68 bits per heavy atom. The van der Waals surface area contributed by atoms with E-state index in [1.807, 2.05) is 29.6 Å². The lowest BCUT2D eigenvalue weighted by atomic mass is 9.89. The van der Waals surface area contributed by atoms with Gasteiger partial charge in [-0.3, -0.25) is 4.40 Å². The second-order valence-corrected chi connectivity index (χ2v) is 7.40. The molecular weight excluding hydrogens is 296 g/mol. The van der Waals surface area contributed by atoms with Gasteiger partial charge in [0.15, 0.2) is 5.65 Å². The lowest BCUT2D eigenvalue weighted by Gasteiger charge is -2.17. The van der Waals surface area contributed by atoms with Crippen LogP contribution in [-0.4, -0.2) is 29.2 Å². The Morgan fingerprint density at radius 2 is 1.82 bits per heavy atom. The van der Waals surface area contributed by atoms with E-state index in [9.17, 15) is 0 Å². The third kappa shape index (κ3) is 1.39. The summed E-state index contributed by atoms with van der Waals surface area (Å²) in [6.07, 6.45) is 3.54. The Morgan fingerprint density at radius 1 is 1.05 bits per heavy atom. The number of rotatable bonds is 0. The second kappa shape index (κ2) is 4.04. The molecule has 0 amide bonds. The van der Waals surface area contributed by atoms with Crippen molar-refractivity contribution in [2.24, 2.45) is 5.92 Å². The van der Waals surface area contributed by atoms with Crippen molar-refractivity contribution in [2.75, 3.05) is 0 Å². The average Bonchev–Trinajstić information content (AvgIpc) is 3.14. The monoisotopic (exact) mass is 312 g/mol. The van der Waals surface area contributed by atoms with Crippen LogP contribution in [0.1, 0.15) is 35.4 Å². The van der Waals surface area contributed by atoms with Crippen LogP contribution < -0.4 is 0 Å². The predicted molar refractivity (Wildman–Crippen MR) is 85.6 cm³/mol. The normalized spacial score (nSPS) is 18.6. The first-order chi connectivity index (χ1) is 10.6. The summed E-state index contributed by atoms with van der Waals surface area (Å²) in [6, 6.07) is 0. The zero-order valence-corrected chi connectivity index (χ0v) is 13.6. The van der Waals surface area contributed by atoms with Crippen LogP contribution >= 0.6 is 11.3 Å². The lowest BCUT2D eigenvalue weighted by molar-refractivity contribution is 0.509. The van der Waals surface area contributed by atoms with E-state index in [0.717, 1.165) is 41.8 Å². The molecule has 0 radical (unpaired) electrons. The maximum Gasteiger partial charge on any atom is 0.243 e. The summed E-state index contributed by atoms with van der Waals surface area (Å²) in [5, 5.41) is 18.6. The minimum atomic E-state index is 0.758. The Balaban J connectivity index is 2.08. The SMILES string of the molecule is Cc1nnc2c3c4c(sc3n3c(C)nnc3n12)C[C@@H](C)CC4. The first kappa shape index (κ1) is 12.5. The third-order valence-electron chi connectivity index (χ3n) is 4.75. The van der Waals surface area contributed by atoms with Gasteiger partial charge in [-0.15, -0.1) is 31.7 Å². The predicted octanol–water partition coefficient (Wildman–Crippen LogP) is 2.73. The molecule has 1 aliphatic rings. The van der Waals surface area contributed by atoms with E-state index >= 15 is 0 Å². The fourth-order valence-corrected chi connectivity index (χ4v) is 5.17. The minimum absolute atomic E-state index is 0.758. The van der Waals surface area contributed by atoms with E-state index in [2.05, 4.69) is 31.7 Å². The molecule has 0 aromatic carbocycles. The van der Waals surface area contributed by atoms with Crippen molar-refractivity contribution in [1.82, 2.24) is 29.2 Å². The van der Waals surface area contributed by atoms with Gasteiger partial charge in [0.2, 0.25) is 5.78 Å². The van der Waals surface area contributed by atoms with Crippen LogP contribution in [0, 0.1) is 19.8 Å². The van der Waals surface area contributed by atoms with E-state index in [-0.39, 0.29) is 0 Å². The Labute approximate surface area is 130 Å². The fourth-order valence-electron chi connectivity index (χ4n) is 3.62. The summed E-state index contributed by atoms with van der Waals surface area (Å²) < 4.78 is 4.19. The molecule has 0 fully saturated rings. The van der Waals surface area contributed by atoms with Gasteiger partial charge in [-0.1, -0.05) is 6.92 Å². The van der Waals surface area contributed by atoms with Gasteiger partial charge in [0, 0.05) is 4.88 Å². The van der Waals surface area contributed by atoms with Crippen LogP contribution in [0.3, 0.4) is 0 Å². The van der Waals surface area contributed by atoms with E-state index in [4.69, 9.17) is 0 Å². The van der Waals surface area contributed by atoms with Gasteiger partial charge in [-0.05, 0) is 44.6 Å². The summed E-state index contributed by atoms with van der Waals surface area (Å²) in [5.41, 5.74) is 2.39. The molecule has 4 heterocycles. The van der Waals surface area contributed by atoms with Gasteiger partial charge in [0.25, 0.3) is 0 Å². The number of fused-ring (bicyclic) bond motifs is 8. The molecule has 1 atom stereocenters. The molecule has 0 spiro atoms. The van der Waals surface area contributed by atoms with Gasteiger partial charge in [0.05, 0.1) is 5.39 Å². The quantitative estimate of drug-likeness (QED) is 0.501. The summed E-state index contributed by atoms with van der Waals surface area (Å²) >= 11 is 1.88. The molecule has 5 rings (SSSR count). The summed E-state index contributed by atoms with van der Waals surface area (Å²) in [6.45, 7) is 6.31. The molecule has 0 saturated carbocycles. The molecule has 4 aromatic heterocycles. The van der Waals surface area contributed by atoms with E-state index in [0.29, 0.717) is 0 Å². The number of aryl methyl sites for hydroxylation is 3. The molecule has 0 unspecified atom stereocenters. The molecule has 1 aliphatic carbocycles. The second-order valence-electron chi connectivity index (χ2n) is 6.32. The van der Waals surface area contributed by atoms with E-state index < -0.39 is 0 Å². The molecule has 112 valence electrons. The largest absolute Gasteiger partial charge is 0.255 e. The van der Waals surface area contributed by atoms with Gasteiger partial charge in [-0.25, -0.2) is 4.40 Å². The maximum atomic E-state index is 4.44. The van der Waals surface area contributed by atoms with Crippen LogP contribution in [0.2, 0.25) is 0 Å². The first-order valence-corrected chi connectivity index (χ1v) is 8.46. The summed E-state index contributed by atoms with van der Waals surface area (Å²) in [4.78, 5) is 2.72. The van der Waals surface area contributed by atoms with Crippen molar-refractivity contribution < 1.29 is 0 Å². The number of nitrogens with zero attached hydrogens (tertiary/aromatic N) is 6. The molecule has 7 heteroatoms. The molecule has 22 heavy (non-hydrogen) atoms. The van der Waals surface area contributed by atoms with Gasteiger partial charge >= 0.3 is 0 Å². The lowest BCUT2D eigenvalue weighted by Crippen LogP contribution is -2.08. The highest BCUT2D eigenvalue weighted by Crippen LogP contribution is 2.40. The van der Waals surface area contributed by atoms with Crippen molar-refractivity contribution >= 4 is 33.0 Å². The Bertz CT molecular complexity index is 1050. The van der Waals surface area contributed by atoms with Gasteiger partial charge in [-0.2, -0.15) is 0 Å². The smallest absolute Gasteiger partial charge is 0.243 e. The van der Waals surface area contributed by atoms with Crippen LogP contribution in [-0.2, 0) is 12.8 Å². The van der Waals surface area contributed by atoms with Crippen molar-refractivity contribution in [1.29, 1.82) is 0 Å². The van der Waals surface area contributed by atoms with Crippen LogP contribution in [0.5, 0.6) is 0 Å². The molecule has 4 aromatic rings. The van der Waals surface area contributed by atoms with Crippen LogP contribution in [0.25, 0.3) is 21.6 Å². The Kier molecular flexibility index (Phi) is 2.30. The number of aromatic nitrogens is 6. The third-order valence-corrected chi connectivity index (χ3v) is 5.99. The molecular formula is C15H16N6S. The number of hydrogen-bond acceptors (Lipinski definition) is 5. The van der Waals surface area contributed by atoms with Gasteiger partial charge < -0.3 is 0 Å². The Hall–Kier alpha value is -2.02. The average molecular weight is 312 g/mol. The highest BCUT2D eigenvalue weighted by molar-refractivity contribution is 7.19. The summed E-state index contributed by atoms with van der Waals surface area (Å²) in [5.74, 6) is 3.35. The highest BCUT2D eigenvalue weighted by atomic mass is 32.1. The van der Waals surface area contributed by atoms with Crippen molar-refractivity contribution in [3.63, 3.8) is 0 Å². The molecule has 0 N–H and O–H groups in total. The van der Waals surface area contributed by atoms with E-state index in [1.165, 1.54) is 27.1 Å². The van der Waals surface area contributed by atoms with Gasteiger partial charge in [0.1, 0.15) is 16.5 Å². The van der Waals surface area contributed by atoms with Crippen molar-refractivity contribution in [3.8, 4) is 0 Å². The van der Waals surface area contributed by atoms with Crippen molar-refractivity contribution in [2.45, 2.75) is 40.0 Å². The van der Waals surface area contributed by atoms with Crippen molar-refractivity contribution in [3.05, 3.63) is 22.1 Å². The standard InChI is InChI=1S/C15H16N6S/c1-7-4-5-10-11(6-7)22-14-12(10)13-18-16-8(2)20(13)15-19-17-9(3)21(14)15/h7H,4-6H2,1-3H3/t7-/m0/s1. The fraction of sp³-hybridized carbons (Fsp3) is 0.467. The molecule has 0 aliphatic heterocycles. The topological polar surface area (TPSA) is 60.4 Å². The minimum Gasteiger partial charge on any atom is -0.255 e. The molecule has 0 bridgehead atoms. The summed E-state index contributed by atoms with van der Waals surface area (Å²) in [7, 11) is 0. The van der Waals surface area contributed by atoms with Crippen LogP contribution in [0.4, 0.5) is 0 Å². The molecule has 0 saturated heterocycles. The number of thiophene rings is 1. The highest BCUT2D eigenvalue weighted by Gasteiger charge is 2.26. The van der Waals surface area contributed by atoms with Crippen LogP contribution in [0.15, 0.2) is 0 Å². The zero-order valence-electron chi connectivity index (χ0n) is 12.8. The van der Waals surface area contributed by atoms with E-state index in [1.54, 1.807) is 0 Å². The first-order valence-electron chi connectivity index (χ1n) is 7.65. The zero-order chi connectivity index (χ0) is 15.0.